The predicted molar refractivity (Wildman–Crippen MR) is 233 cm³/mol. The summed E-state index contributed by atoms with van der Waals surface area (Å²) in [6.45, 7) is 6.99. The highest BCUT2D eigenvalue weighted by Gasteiger charge is 2.18. The monoisotopic (exact) mass is 761 g/mol. The lowest BCUT2D eigenvalue weighted by atomic mass is 9.94. The van der Waals surface area contributed by atoms with Crippen molar-refractivity contribution in [2.24, 2.45) is 5.92 Å². The van der Waals surface area contributed by atoms with E-state index in [-0.39, 0.29) is 12.0 Å². The summed E-state index contributed by atoms with van der Waals surface area (Å²) in [4.78, 5) is 21.8. The van der Waals surface area contributed by atoms with E-state index in [0.717, 1.165) is 113 Å². The first-order valence-corrected chi connectivity index (χ1v) is 23.2. The zero-order valence-electron chi connectivity index (χ0n) is 35.4. The Bertz CT molecular complexity index is 1380. The van der Waals surface area contributed by atoms with Gasteiger partial charge in [0.15, 0.2) is 0 Å². The number of unbranched alkanes of at least 4 members (excludes halogenated alkanes) is 22. The lowest BCUT2D eigenvalue weighted by molar-refractivity contribution is -0.142. The molecule has 0 spiro atoms. The number of hydrogen-bond acceptors (Lipinski definition) is 5. The molecule has 2 unspecified atom stereocenters. The van der Waals surface area contributed by atoms with E-state index in [0.29, 0.717) is 0 Å². The molecule has 0 aliphatic carbocycles. The first-order chi connectivity index (χ1) is 27.1. The largest absolute Gasteiger partial charge is 0.481 e. The molecule has 0 amide bonds. The topological polar surface area (TPSA) is 81.5 Å². The fraction of sp³-hybridized carbons (Fsp3) is 0.735. The molecule has 1 aromatic heterocycles. The Morgan fingerprint density at radius 2 is 0.927 bits per heavy atom. The molecule has 310 valence electrons. The van der Waals surface area contributed by atoms with Crippen LogP contribution < -0.4 is 0 Å². The van der Waals surface area contributed by atoms with Crippen molar-refractivity contribution in [1.82, 2.24) is 9.97 Å². The number of carbonyl (C=O) groups is 1. The summed E-state index contributed by atoms with van der Waals surface area (Å²) >= 11 is 0. The minimum absolute atomic E-state index is 0.0128. The molecule has 6 nitrogen and oxygen atoms in total. The molecule has 0 radical (unpaired) electrons. The molecule has 2 atom stereocenters. The third-order valence-electron chi connectivity index (χ3n) is 11.4. The second-order valence-electron chi connectivity index (χ2n) is 16.3. The van der Waals surface area contributed by atoms with Crippen molar-refractivity contribution in [1.29, 1.82) is 0 Å². The molecule has 0 aliphatic rings. The van der Waals surface area contributed by atoms with E-state index in [1.54, 1.807) is 0 Å². The maximum atomic E-state index is 12.1. The predicted octanol–water partition coefficient (Wildman–Crippen LogP) is 14.9. The number of para-hydroxylation sites is 2. The number of hydrogen-bond donors (Lipinski definition) is 1. The van der Waals surface area contributed by atoms with E-state index in [2.05, 4.69) is 32.0 Å². The van der Waals surface area contributed by atoms with Crippen molar-refractivity contribution in [3.8, 4) is 0 Å². The summed E-state index contributed by atoms with van der Waals surface area (Å²) in [5.74, 6) is -0.885. The van der Waals surface area contributed by atoms with Gasteiger partial charge in [-0.15, -0.1) is 0 Å². The number of rotatable bonds is 37. The zero-order valence-corrected chi connectivity index (χ0v) is 35.4. The van der Waals surface area contributed by atoms with Crippen LogP contribution in [-0.2, 0) is 14.3 Å². The van der Waals surface area contributed by atoms with E-state index in [1.165, 1.54) is 121 Å². The highest BCUT2D eigenvalue weighted by Crippen LogP contribution is 2.29. The van der Waals surface area contributed by atoms with Crippen LogP contribution in [0.25, 0.3) is 22.1 Å². The average molecular weight is 761 g/mol. The number of nitrogens with zero attached hydrogens (tertiary/aromatic N) is 2. The first kappa shape index (κ1) is 46.8. The maximum Gasteiger partial charge on any atom is 0.306 e. The number of aromatic nitrogens is 2. The van der Waals surface area contributed by atoms with Crippen molar-refractivity contribution in [3.63, 3.8) is 0 Å². The Balaban J connectivity index is 1.32. The van der Waals surface area contributed by atoms with E-state index < -0.39 is 5.97 Å². The lowest BCUT2D eigenvalue weighted by Gasteiger charge is -2.19. The maximum absolute atomic E-state index is 12.1. The van der Waals surface area contributed by atoms with Crippen LogP contribution in [0.2, 0.25) is 0 Å². The first-order valence-electron chi connectivity index (χ1n) is 23.2. The summed E-state index contributed by atoms with van der Waals surface area (Å²) in [5, 5.41) is 9.92. The van der Waals surface area contributed by atoms with Crippen LogP contribution in [0, 0.1) is 5.92 Å². The fourth-order valence-corrected chi connectivity index (χ4v) is 7.85. The smallest absolute Gasteiger partial charge is 0.306 e. The zero-order chi connectivity index (χ0) is 39.0. The van der Waals surface area contributed by atoms with Crippen LogP contribution in [0.1, 0.15) is 212 Å². The van der Waals surface area contributed by atoms with Crippen LogP contribution in [0.15, 0.2) is 42.5 Å². The molecular weight excluding hydrogens is 681 g/mol. The fourth-order valence-electron chi connectivity index (χ4n) is 7.85. The Kier molecular flexibility index (Phi) is 26.8. The molecule has 3 rings (SSSR count). The van der Waals surface area contributed by atoms with Gasteiger partial charge in [0.25, 0.3) is 0 Å². The van der Waals surface area contributed by atoms with Crippen molar-refractivity contribution < 1.29 is 19.4 Å². The molecule has 6 heteroatoms. The number of aliphatic carboxylic acids is 1. The van der Waals surface area contributed by atoms with Gasteiger partial charge in [-0.2, -0.15) is 0 Å². The van der Waals surface area contributed by atoms with Crippen molar-refractivity contribution >= 4 is 28.0 Å². The van der Waals surface area contributed by atoms with Gasteiger partial charge in [0.1, 0.15) is 0 Å². The van der Waals surface area contributed by atoms with Gasteiger partial charge in [-0.3, -0.25) is 4.79 Å². The molecule has 0 saturated heterocycles. The van der Waals surface area contributed by atoms with Gasteiger partial charge in [0, 0.05) is 19.8 Å². The summed E-state index contributed by atoms with van der Waals surface area (Å²) in [5.41, 5.74) is 4.82. The van der Waals surface area contributed by atoms with Crippen LogP contribution in [0.3, 0.4) is 0 Å². The minimum Gasteiger partial charge on any atom is -0.481 e. The molecule has 55 heavy (non-hydrogen) atoms. The Hall–Kier alpha value is -2.57. The number of benzene rings is 2. The van der Waals surface area contributed by atoms with E-state index in [1.807, 2.05) is 24.3 Å². The molecule has 1 N–H and O–H groups in total. The number of carboxylic acids is 1. The second-order valence-corrected chi connectivity index (χ2v) is 16.3. The van der Waals surface area contributed by atoms with Crippen LogP contribution >= 0.6 is 0 Å². The van der Waals surface area contributed by atoms with Crippen LogP contribution in [0.4, 0.5) is 0 Å². The SMILES string of the molecule is CCCCCCCCCCCCOCCCCCC(CCCCCC(OCCCCCCCCCCCC)c1ccc2nc3ccccc3nc2c1)C(=O)O. The van der Waals surface area contributed by atoms with Gasteiger partial charge in [0.2, 0.25) is 0 Å². The summed E-state index contributed by atoms with van der Waals surface area (Å²) in [6, 6.07) is 14.5. The molecule has 0 bridgehead atoms. The lowest BCUT2D eigenvalue weighted by Crippen LogP contribution is -2.14. The molecule has 3 aromatic rings. The average Bonchev–Trinajstić information content (AvgIpc) is 3.19. The Morgan fingerprint density at radius 3 is 1.45 bits per heavy atom. The minimum atomic E-state index is -0.639. The van der Waals surface area contributed by atoms with Gasteiger partial charge in [-0.25, -0.2) is 9.97 Å². The molecular formula is C49H80N2O4. The van der Waals surface area contributed by atoms with E-state index in [4.69, 9.17) is 19.4 Å². The molecule has 0 aliphatic heterocycles. The van der Waals surface area contributed by atoms with Gasteiger partial charge >= 0.3 is 5.97 Å². The van der Waals surface area contributed by atoms with Gasteiger partial charge < -0.3 is 14.6 Å². The quantitative estimate of drug-likeness (QED) is 0.0465. The number of fused-ring (bicyclic) bond motifs is 2. The molecule has 0 saturated carbocycles. The highest BCUT2D eigenvalue weighted by molar-refractivity contribution is 5.86. The van der Waals surface area contributed by atoms with Crippen molar-refractivity contribution in [2.45, 2.75) is 206 Å². The molecule has 2 aromatic carbocycles. The van der Waals surface area contributed by atoms with E-state index >= 15 is 0 Å². The van der Waals surface area contributed by atoms with E-state index in [9.17, 15) is 9.90 Å². The standard InChI is InChI=1S/C49H80N2O4/c1-3-5-7-9-11-13-15-17-19-28-38-54-39-29-22-24-32-42(49(52)53)31-23-21-25-35-48(55-40-30-20-18-16-14-12-10-8-6-4-2)43-36-37-46-47(41-43)51-45-34-27-26-33-44(45)50-46/h26-27,33-34,36-37,41-42,48H,3-25,28-32,35,38-40H2,1-2H3,(H,52,53). The van der Waals surface area contributed by atoms with Crippen LogP contribution in [0.5, 0.6) is 0 Å². The summed E-state index contributed by atoms with van der Waals surface area (Å²) in [6.07, 6.45) is 35.1. The third-order valence-corrected chi connectivity index (χ3v) is 11.4. The van der Waals surface area contributed by atoms with Crippen LogP contribution in [-0.4, -0.2) is 40.9 Å². The summed E-state index contributed by atoms with van der Waals surface area (Å²) in [7, 11) is 0. The van der Waals surface area contributed by atoms with Crippen molar-refractivity contribution in [3.05, 3.63) is 48.0 Å². The van der Waals surface area contributed by atoms with Crippen molar-refractivity contribution in [2.75, 3.05) is 19.8 Å². The summed E-state index contributed by atoms with van der Waals surface area (Å²) < 4.78 is 12.5. The number of carboxylic acid groups (broad SMARTS) is 1. The Morgan fingerprint density at radius 1 is 0.509 bits per heavy atom. The highest BCUT2D eigenvalue weighted by atomic mass is 16.5. The number of ether oxygens (including phenoxy) is 2. The third kappa shape index (κ3) is 21.5. The van der Waals surface area contributed by atoms with Gasteiger partial charge in [-0.05, 0) is 68.4 Å². The van der Waals surface area contributed by atoms with Gasteiger partial charge in [0.05, 0.1) is 34.1 Å². The molecule has 1 heterocycles. The normalized spacial score (nSPS) is 12.8. The second kappa shape index (κ2) is 31.5. The van der Waals surface area contributed by atoms with Gasteiger partial charge in [-0.1, -0.05) is 180 Å². The molecule has 0 fully saturated rings. The Labute approximate surface area is 336 Å².